The van der Waals surface area contributed by atoms with Crippen LogP contribution in [0.1, 0.15) is 60.2 Å². The van der Waals surface area contributed by atoms with Crippen LogP contribution in [0.15, 0.2) is 24.3 Å². The van der Waals surface area contributed by atoms with Crippen LogP contribution in [-0.4, -0.2) is 36.1 Å². The predicted octanol–water partition coefficient (Wildman–Crippen LogP) is 3.58. The Morgan fingerprint density at radius 1 is 1.10 bits per heavy atom. The number of likely N-dealkylation sites (tertiary alicyclic amines) is 1. The lowest BCUT2D eigenvalue weighted by Gasteiger charge is -2.14. The van der Waals surface area contributed by atoms with Crippen molar-refractivity contribution < 1.29 is 9.59 Å². The Labute approximate surface area is 127 Å². The van der Waals surface area contributed by atoms with Gasteiger partial charge in [0.1, 0.15) is 0 Å². The number of ketones is 2. The van der Waals surface area contributed by atoms with E-state index in [1.807, 2.05) is 26.0 Å². The number of hydrogen-bond donors (Lipinski definition) is 0. The molecule has 21 heavy (non-hydrogen) atoms. The monoisotopic (exact) mass is 287 g/mol. The minimum absolute atomic E-state index is 0.0542. The first-order valence-electron chi connectivity index (χ1n) is 7.98. The van der Waals surface area contributed by atoms with E-state index >= 15 is 0 Å². The number of Topliss-reactive ketones (excluding diaryl/α,β-unsaturated/α-hetero) is 2. The predicted molar refractivity (Wildman–Crippen MR) is 84.8 cm³/mol. The van der Waals surface area contributed by atoms with Gasteiger partial charge in [-0.3, -0.25) is 9.59 Å². The summed E-state index contributed by atoms with van der Waals surface area (Å²) in [6, 6.07) is 7.23. The van der Waals surface area contributed by atoms with Gasteiger partial charge in [0, 0.05) is 23.5 Å². The van der Waals surface area contributed by atoms with Crippen LogP contribution >= 0.6 is 0 Å². The Kier molecular flexibility index (Phi) is 5.68. The molecule has 0 spiro atoms. The second-order valence-corrected chi connectivity index (χ2v) is 6.14. The lowest BCUT2D eigenvalue weighted by molar-refractivity contribution is 0.0919. The number of carbonyl (C=O) groups is 2. The zero-order valence-corrected chi connectivity index (χ0v) is 13.1. The minimum atomic E-state index is -0.0800. The molecule has 1 aliphatic rings. The molecule has 3 heteroatoms. The van der Waals surface area contributed by atoms with Gasteiger partial charge >= 0.3 is 0 Å². The Bertz CT molecular complexity index is 502. The van der Waals surface area contributed by atoms with Crippen molar-refractivity contribution >= 4 is 11.6 Å². The molecule has 0 unspecified atom stereocenters. The summed E-state index contributed by atoms with van der Waals surface area (Å²) in [5, 5.41) is 0. The van der Waals surface area contributed by atoms with Crippen molar-refractivity contribution in [2.75, 3.05) is 19.6 Å². The Morgan fingerprint density at radius 3 is 2.33 bits per heavy atom. The summed E-state index contributed by atoms with van der Waals surface area (Å²) >= 11 is 0. The highest BCUT2D eigenvalue weighted by molar-refractivity contribution is 6.09. The molecule has 0 aliphatic carbocycles. The molecule has 1 saturated heterocycles. The number of benzene rings is 1. The third-order valence-corrected chi connectivity index (χ3v) is 4.09. The second kappa shape index (κ2) is 7.51. The standard InChI is InChI=1S/C18H25NO2/c1-14(2)18(21)16-9-4-3-8-15(16)17(20)10-7-13-19-11-5-6-12-19/h3-4,8-9,14H,5-7,10-13H2,1-2H3. The first-order chi connectivity index (χ1) is 10.1. The van der Waals surface area contributed by atoms with Crippen LogP contribution in [0.25, 0.3) is 0 Å². The fraction of sp³-hybridized carbons (Fsp3) is 0.556. The van der Waals surface area contributed by atoms with Crippen molar-refractivity contribution in [2.24, 2.45) is 5.92 Å². The molecule has 1 fully saturated rings. The maximum Gasteiger partial charge on any atom is 0.166 e. The summed E-state index contributed by atoms with van der Waals surface area (Å²) in [5.41, 5.74) is 1.18. The van der Waals surface area contributed by atoms with Crippen LogP contribution in [-0.2, 0) is 0 Å². The van der Waals surface area contributed by atoms with Crippen LogP contribution < -0.4 is 0 Å². The van der Waals surface area contributed by atoms with Gasteiger partial charge in [-0.1, -0.05) is 38.1 Å². The van der Waals surface area contributed by atoms with Crippen LogP contribution in [0.5, 0.6) is 0 Å². The van der Waals surface area contributed by atoms with E-state index in [1.165, 1.54) is 12.8 Å². The summed E-state index contributed by atoms with van der Waals surface area (Å²) in [4.78, 5) is 27.0. The number of rotatable bonds is 7. The lowest BCUT2D eigenvalue weighted by atomic mass is 9.93. The van der Waals surface area contributed by atoms with E-state index in [2.05, 4.69) is 4.90 Å². The Morgan fingerprint density at radius 2 is 1.71 bits per heavy atom. The molecule has 0 bridgehead atoms. The number of carbonyl (C=O) groups excluding carboxylic acids is 2. The smallest absolute Gasteiger partial charge is 0.166 e. The number of nitrogens with zero attached hydrogens (tertiary/aromatic N) is 1. The topological polar surface area (TPSA) is 37.4 Å². The van der Waals surface area contributed by atoms with Crippen molar-refractivity contribution in [3.05, 3.63) is 35.4 Å². The highest BCUT2D eigenvalue weighted by Gasteiger charge is 2.19. The van der Waals surface area contributed by atoms with Gasteiger partial charge in [-0.2, -0.15) is 0 Å². The van der Waals surface area contributed by atoms with Gasteiger partial charge in [0.25, 0.3) is 0 Å². The SMILES string of the molecule is CC(C)C(=O)c1ccccc1C(=O)CCCN1CCCC1. The summed E-state index contributed by atoms with van der Waals surface area (Å²) < 4.78 is 0. The summed E-state index contributed by atoms with van der Waals surface area (Å²) in [7, 11) is 0. The molecule has 0 N–H and O–H groups in total. The Hall–Kier alpha value is -1.48. The van der Waals surface area contributed by atoms with Crippen LogP contribution in [0.4, 0.5) is 0 Å². The maximum atomic E-state index is 12.4. The molecule has 1 aromatic rings. The average Bonchev–Trinajstić information content (AvgIpc) is 2.99. The quantitative estimate of drug-likeness (QED) is 0.719. The van der Waals surface area contributed by atoms with Crippen molar-refractivity contribution in [3.8, 4) is 0 Å². The average molecular weight is 287 g/mol. The molecule has 0 amide bonds. The van der Waals surface area contributed by atoms with Gasteiger partial charge in [0.2, 0.25) is 0 Å². The van der Waals surface area contributed by atoms with Gasteiger partial charge in [-0.25, -0.2) is 0 Å². The molecule has 0 radical (unpaired) electrons. The molecule has 2 rings (SSSR count). The molecule has 0 saturated carbocycles. The molecular formula is C18H25NO2. The van der Waals surface area contributed by atoms with Gasteiger partial charge < -0.3 is 4.90 Å². The molecular weight excluding hydrogens is 262 g/mol. The minimum Gasteiger partial charge on any atom is -0.303 e. The highest BCUT2D eigenvalue weighted by Crippen LogP contribution is 2.17. The lowest BCUT2D eigenvalue weighted by Crippen LogP contribution is -2.21. The largest absolute Gasteiger partial charge is 0.303 e. The molecule has 1 aliphatic heterocycles. The number of hydrogen-bond acceptors (Lipinski definition) is 3. The van der Waals surface area contributed by atoms with Crippen LogP contribution in [0, 0.1) is 5.92 Å². The van der Waals surface area contributed by atoms with Gasteiger partial charge in [0.15, 0.2) is 11.6 Å². The molecule has 1 aromatic carbocycles. The third kappa shape index (κ3) is 4.24. The van der Waals surface area contributed by atoms with Gasteiger partial charge in [-0.05, 0) is 38.9 Å². The molecule has 114 valence electrons. The summed E-state index contributed by atoms with van der Waals surface area (Å²) in [6.07, 6.45) is 3.96. The van der Waals surface area contributed by atoms with E-state index in [1.54, 1.807) is 12.1 Å². The van der Waals surface area contributed by atoms with E-state index in [0.717, 1.165) is 26.1 Å². The molecule has 1 heterocycles. The van der Waals surface area contributed by atoms with Gasteiger partial charge in [0.05, 0.1) is 0 Å². The maximum absolute atomic E-state index is 12.4. The van der Waals surface area contributed by atoms with E-state index in [4.69, 9.17) is 0 Å². The first kappa shape index (κ1) is 15.9. The first-order valence-corrected chi connectivity index (χ1v) is 7.98. The normalized spacial score (nSPS) is 15.6. The fourth-order valence-corrected chi connectivity index (χ4v) is 2.86. The second-order valence-electron chi connectivity index (χ2n) is 6.14. The zero-order chi connectivity index (χ0) is 15.2. The van der Waals surface area contributed by atoms with Crippen molar-refractivity contribution in [2.45, 2.75) is 39.5 Å². The third-order valence-electron chi connectivity index (χ3n) is 4.09. The van der Waals surface area contributed by atoms with Crippen LogP contribution in [0.2, 0.25) is 0 Å². The summed E-state index contributed by atoms with van der Waals surface area (Å²) in [5.74, 6) is 0.0702. The molecule has 0 aromatic heterocycles. The van der Waals surface area contributed by atoms with E-state index < -0.39 is 0 Å². The molecule has 0 atom stereocenters. The van der Waals surface area contributed by atoms with Crippen molar-refractivity contribution in [1.82, 2.24) is 4.90 Å². The van der Waals surface area contributed by atoms with Crippen molar-refractivity contribution in [1.29, 1.82) is 0 Å². The Balaban J connectivity index is 1.96. The van der Waals surface area contributed by atoms with E-state index in [-0.39, 0.29) is 17.5 Å². The fourth-order valence-electron chi connectivity index (χ4n) is 2.86. The van der Waals surface area contributed by atoms with E-state index in [0.29, 0.717) is 17.5 Å². The zero-order valence-electron chi connectivity index (χ0n) is 13.1. The highest BCUT2D eigenvalue weighted by atomic mass is 16.1. The van der Waals surface area contributed by atoms with Crippen LogP contribution in [0.3, 0.4) is 0 Å². The summed E-state index contributed by atoms with van der Waals surface area (Å²) in [6.45, 7) is 7.06. The van der Waals surface area contributed by atoms with E-state index in [9.17, 15) is 9.59 Å². The molecule has 3 nitrogen and oxygen atoms in total. The van der Waals surface area contributed by atoms with Crippen molar-refractivity contribution in [3.63, 3.8) is 0 Å². The van der Waals surface area contributed by atoms with Gasteiger partial charge in [-0.15, -0.1) is 0 Å².